The fourth-order valence-electron chi connectivity index (χ4n) is 2.00. The molecule has 3 rings (SSSR count). The predicted molar refractivity (Wildman–Crippen MR) is 73.3 cm³/mol. The Morgan fingerprint density at radius 2 is 1.71 bits per heavy atom. The standard InChI is InChI=1S/C14H9NO5S/c16-12-8-3-1-2-4-9(8)13(17)15(12)7-21-11-6-5-10(20-11)14(18)19/h1-6H,7H2,(H,18,19). The molecule has 0 aliphatic carbocycles. The third kappa shape index (κ3) is 2.31. The van der Waals surface area contributed by atoms with Crippen molar-refractivity contribution in [2.75, 3.05) is 5.88 Å². The first kappa shape index (κ1) is 13.4. The van der Waals surface area contributed by atoms with Crippen molar-refractivity contribution in [3.8, 4) is 0 Å². The number of aromatic carboxylic acids is 1. The Labute approximate surface area is 123 Å². The molecule has 2 amide bonds. The number of fused-ring (bicyclic) bond motifs is 1. The number of carbonyl (C=O) groups excluding carboxylic acids is 2. The van der Waals surface area contributed by atoms with E-state index in [1.165, 1.54) is 12.1 Å². The average molecular weight is 303 g/mol. The van der Waals surface area contributed by atoms with Gasteiger partial charge in [0.25, 0.3) is 11.8 Å². The fraction of sp³-hybridized carbons (Fsp3) is 0.0714. The van der Waals surface area contributed by atoms with Gasteiger partial charge in [-0.15, -0.1) is 0 Å². The molecule has 2 aromatic rings. The summed E-state index contributed by atoms with van der Waals surface area (Å²) < 4.78 is 5.07. The van der Waals surface area contributed by atoms with Crippen LogP contribution in [-0.4, -0.2) is 33.7 Å². The number of imide groups is 1. The van der Waals surface area contributed by atoms with Gasteiger partial charge >= 0.3 is 5.97 Å². The molecule has 1 aromatic heterocycles. The van der Waals surface area contributed by atoms with E-state index in [4.69, 9.17) is 9.52 Å². The molecule has 1 N–H and O–H groups in total. The van der Waals surface area contributed by atoms with Gasteiger partial charge in [0.05, 0.1) is 17.0 Å². The second-order valence-corrected chi connectivity index (χ2v) is 5.23. The highest BCUT2D eigenvalue weighted by Crippen LogP contribution is 2.27. The van der Waals surface area contributed by atoms with E-state index in [1.54, 1.807) is 24.3 Å². The molecule has 1 aliphatic rings. The Bertz CT molecular complexity index is 716. The number of carboxylic acids is 1. The lowest BCUT2D eigenvalue weighted by atomic mass is 10.1. The van der Waals surface area contributed by atoms with Crippen molar-refractivity contribution in [2.24, 2.45) is 0 Å². The number of hydrogen-bond acceptors (Lipinski definition) is 5. The van der Waals surface area contributed by atoms with Crippen LogP contribution in [0.25, 0.3) is 0 Å². The summed E-state index contributed by atoms with van der Waals surface area (Å²) in [6.07, 6.45) is 0. The molecule has 7 heteroatoms. The molecule has 106 valence electrons. The van der Waals surface area contributed by atoms with Crippen LogP contribution in [0.3, 0.4) is 0 Å². The van der Waals surface area contributed by atoms with E-state index in [0.717, 1.165) is 16.7 Å². The van der Waals surface area contributed by atoms with Gasteiger partial charge in [0.1, 0.15) is 0 Å². The van der Waals surface area contributed by atoms with Crippen LogP contribution < -0.4 is 0 Å². The largest absolute Gasteiger partial charge is 0.475 e. The topological polar surface area (TPSA) is 87.8 Å². The fourth-order valence-corrected chi connectivity index (χ4v) is 2.80. The van der Waals surface area contributed by atoms with Crippen molar-refractivity contribution < 1.29 is 23.9 Å². The van der Waals surface area contributed by atoms with Crippen molar-refractivity contribution in [1.82, 2.24) is 4.90 Å². The molecule has 0 bridgehead atoms. The molecule has 0 spiro atoms. The normalized spacial score (nSPS) is 13.6. The van der Waals surface area contributed by atoms with Crippen LogP contribution in [0.4, 0.5) is 0 Å². The van der Waals surface area contributed by atoms with E-state index >= 15 is 0 Å². The maximum atomic E-state index is 12.1. The van der Waals surface area contributed by atoms with Gasteiger partial charge in [0, 0.05) is 0 Å². The number of hydrogen-bond donors (Lipinski definition) is 1. The van der Waals surface area contributed by atoms with Gasteiger partial charge in [-0.25, -0.2) is 4.79 Å². The lowest BCUT2D eigenvalue weighted by Crippen LogP contribution is -2.29. The minimum atomic E-state index is -1.16. The smallest absolute Gasteiger partial charge is 0.371 e. The van der Waals surface area contributed by atoms with Crippen molar-refractivity contribution in [3.63, 3.8) is 0 Å². The Morgan fingerprint density at radius 1 is 1.10 bits per heavy atom. The van der Waals surface area contributed by atoms with Gasteiger partial charge in [-0.3, -0.25) is 14.5 Å². The second kappa shape index (κ2) is 5.10. The van der Waals surface area contributed by atoms with Gasteiger partial charge in [-0.05, 0) is 24.3 Å². The number of benzene rings is 1. The van der Waals surface area contributed by atoms with Crippen LogP contribution in [0.15, 0.2) is 45.9 Å². The molecule has 6 nitrogen and oxygen atoms in total. The second-order valence-electron chi connectivity index (χ2n) is 4.28. The van der Waals surface area contributed by atoms with E-state index in [1.807, 2.05) is 0 Å². The zero-order chi connectivity index (χ0) is 15.0. The van der Waals surface area contributed by atoms with Crippen LogP contribution in [0.5, 0.6) is 0 Å². The van der Waals surface area contributed by atoms with Crippen LogP contribution in [0.2, 0.25) is 0 Å². The zero-order valence-corrected chi connectivity index (χ0v) is 11.4. The lowest BCUT2D eigenvalue weighted by Gasteiger charge is -2.11. The maximum absolute atomic E-state index is 12.1. The van der Waals surface area contributed by atoms with E-state index in [-0.39, 0.29) is 23.5 Å². The van der Waals surface area contributed by atoms with Crippen molar-refractivity contribution in [3.05, 3.63) is 53.3 Å². The summed E-state index contributed by atoms with van der Waals surface area (Å²) in [7, 11) is 0. The molecule has 0 saturated heterocycles. The number of nitrogens with zero attached hydrogens (tertiary/aromatic N) is 1. The van der Waals surface area contributed by atoms with Crippen LogP contribution >= 0.6 is 11.8 Å². The van der Waals surface area contributed by atoms with Crippen LogP contribution in [-0.2, 0) is 0 Å². The van der Waals surface area contributed by atoms with Gasteiger partial charge in [-0.2, -0.15) is 0 Å². The quantitative estimate of drug-likeness (QED) is 0.689. The molecule has 0 radical (unpaired) electrons. The molecular formula is C14H9NO5S. The van der Waals surface area contributed by atoms with Gasteiger partial charge < -0.3 is 9.52 Å². The summed E-state index contributed by atoms with van der Waals surface area (Å²) in [5.74, 6) is -1.98. The molecule has 0 saturated carbocycles. The van der Waals surface area contributed by atoms with Crippen molar-refractivity contribution in [2.45, 2.75) is 5.09 Å². The summed E-state index contributed by atoms with van der Waals surface area (Å²) >= 11 is 1.09. The SMILES string of the molecule is O=C(O)c1ccc(SCN2C(=O)c3ccccc3C2=O)o1. The number of furan rings is 1. The van der Waals surface area contributed by atoms with Gasteiger partial charge in [0.2, 0.25) is 5.76 Å². The molecule has 0 atom stereocenters. The highest BCUT2D eigenvalue weighted by molar-refractivity contribution is 7.99. The number of rotatable bonds is 4. The summed E-state index contributed by atoms with van der Waals surface area (Å²) in [5.41, 5.74) is 0.766. The van der Waals surface area contributed by atoms with E-state index in [0.29, 0.717) is 16.2 Å². The molecule has 0 fully saturated rings. The minimum absolute atomic E-state index is 0.0684. The first-order chi connectivity index (χ1) is 10.1. The van der Waals surface area contributed by atoms with Crippen LogP contribution in [0.1, 0.15) is 31.3 Å². The molecule has 21 heavy (non-hydrogen) atoms. The average Bonchev–Trinajstić information content (AvgIpc) is 3.03. The Balaban J connectivity index is 1.73. The zero-order valence-electron chi connectivity index (χ0n) is 10.6. The first-order valence-electron chi connectivity index (χ1n) is 5.99. The molecular weight excluding hydrogens is 294 g/mol. The highest BCUT2D eigenvalue weighted by Gasteiger charge is 2.35. The summed E-state index contributed by atoms with van der Waals surface area (Å²) in [6, 6.07) is 9.43. The number of carbonyl (C=O) groups is 3. The minimum Gasteiger partial charge on any atom is -0.475 e. The Kier molecular flexibility index (Phi) is 3.26. The number of amides is 2. The first-order valence-corrected chi connectivity index (χ1v) is 6.97. The molecule has 0 unspecified atom stereocenters. The molecule has 1 aliphatic heterocycles. The summed E-state index contributed by atoms with van der Waals surface area (Å²) in [5, 5.41) is 9.10. The predicted octanol–water partition coefficient (Wildman–Crippen LogP) is 2.32. The highest BCUT2D eigenvalue weighted by atomic mass is 32.2. The summed E-state index contributed by atoms with van der Waals surface area (Å²) in [4.78, 5) is 36.0. The molecule has 2 heterocycles. The van der Waals surface area contributed by atoms with Crippen molar-refractivity contribution in [1.29, 1.82) is 0 Å². The van der Waals surface area contributed by atoms with E-state index < -0.39 is 5.97 Å². The van der Waals surface area contributed by atoms with Gasteiger partial charge in [-0.1, -0.05) is 23.9 Å². The third-order valence-corrected chi connectivity index (χ3v) is 3.90. The van der Waals surface area contributed by atoms with Crippen molar-refractivity contribution >= 4 is 29.5 Å². The summed E-state index contributed by atoms with van der Waals surface area (Å²) in [6.45, 7) is 0. The third-order valence-electron chi connectivity index (χ3n) is 3.01. The van der Waals surface area contributed by atoms with Gasteiger partial charge in [0.15, 0.2) is 5.09 Å². The number of carboxylic acid groups (broad SMARTS) is 1. The van der Waals surface area contributed by atoms with E-state index in [2.05, 4.69) is 0 Å². The maximum Gasteiger partial charge on any atom is 0.371 e. The van der Waals surface area contributed by atoms with Crippen LogP contribution in [0, 0.1) is 0 Å². The number of thioether (sulfide) groups is 1. The Morgan fingerprint density at radius 3 is 2.24 bits per heavy atom. The monoisotopic (exact) mass is 303 g/mol. The van der Waals surface area contributed by atoms with E-state index in [9.17, 15) is 14.4 Å². The molecule has 1 aromatic carbocycles. The lowest BCUT2D eigenvalue weighted by molar-refractivity contribution is 0.0649. The Hall–Kier alpha value is -2.54.